The van der Waals surface area contributed by atoms with Gasteiger partial charge in [-0.3, -0.25) is 0 Å². The molecule has 3 N–H and O–H groups in total. The summed E-state index contributed by atoms with van der Waals surface area (Å²) in [5.41, 5.74) is 8.37. The summed E-state index contributed by atoms with van der Waals surface area (Å²) < 4.78 is 0. The normalized spacial score (nSPS) is 12.2. The van der Waals surface area contributed by atoms with E-state index in [0.717, 1.165) is 18.7 Å². The Kier molecular flexibility index (Phi) is 5.84. The van der Waals surface area contributed by atoms with E-state index >= 15 is 0 Å². The zero-order valence-electron chi connectivity index (χ0n) is 11.2. The van der Waals surface area contributed by atoms with Crippen LogP contribution in [0.15, 0.2) is 24.3 Å². The third-order valence-electron chi connectivity index (χ3n) is 2.88. The van der Waals surface area contributed by atoms with Crippen LogP contribution in [0.25, 0.3) is 0 Å². The zero-order valence-corrected chi connectivity index (χ0v) is 11.2. The smallest absolute Gasteiger partial charge is 0.0362 e. The molecule has 1 rings (SSSR count). The predicted octanol–water partition coefficient (Wildman–Crippen LogP) is 2.68. The van der Waals surface area contributed by atoms with E-state index in [4.69, 9.17) is 5.73 Å². The highest BCUT2D eigenvalue weighted by molar-refractivity contribution is 5.54. The number of unbranched alkanes of at least 4 members (excludes halogenated alkanes) is 1. The van der Waals surface area contributed by atoms with E-state index in [-0.39, 0.29) is 6.04 Å². The zero-order chi connectivity index (χ0) is 12.7. The van der Waals surface area contributed by atoms with Crippen molar-refractivity contribution < 1.29 is 0 Å². The van der Waals surface area contributed by atoms with Gasteiger partial charge in [0.15, 0.2) is 0 Å². The summed E-state index contributed by atoms with van der Waals surface area (Å²) in [7, 11) is 4.09. The predicted molar refractivity (Wildman–Crippen MR) is 76.8 cm³/mol. The van der Waals surface area contributed by atoms with Crippen LogP contribution < -0.4 is 16.0 Å². The largest absolute Gasteiger partial charge is 0.383 e. The van der Waals surface area contributed by atoms with Gasteiger partial charge in [0.2, 0.25) is 0 Å². The molecular weight excluding hydrogens is 210 g/mol. The maximum Gasteiger partial charge on any atom is 0.0362 e. The van der Waals surface area contributed by atoms with Crippen LogP contribution in [0.2, 0.25) is 0 Å². The van der Waals surface area contributed by atoms with Gasteiger partial charge in [-0.15, -0.1) is 0 Å². The Labute approximate surface area is 105 Å². The fourth-order valence-corrected chi connectivity index (χ4v) is 1.69. The van der Waals surface area contributed by atoms with E-state index < -0.39 is 0 Å². The fourth-order valence-electron chi connectivity index (χ4n) is 1.69. The van der Waals surface area contributed by atoms with Crippen molar-refractivity contribution in [3.63, 3.8) is 0 Å². The molecule has 0 aliphatic carbocycles. The average molecular weight is 235 g/mol. The second-order valence-electron chi connectivity index (χ2n) is 4.72. The Morgan fingerprint density at radius 1 is 1.24 bits per heavy atom. The molecule has 17 heavy (non-hydrogen) atoms. The lowest BCUT2D eigenvalue weighted by molar-refractivity contribution is 0.596. The molecule has 96 valence electrons. The van der Waals surface area contributed by atoms with E-state index in [1.165, 1.54) is 18.5 Å². The van der Waals surface area contributed by atoms with E-state index in [1.807, 2.05) is 14.1 Å². The SMILES string of the molecule is CCCCC(N)CNc1ccc(N(C)C)cc1. The molecule has 0 aromatic heterocycles. The molecule has 0 aliphatic heterocycles. The molecule has 0 saturated carbocycles. The van der Waals surface area contributed by atoms with E-state index in [0.29, 0.717) is 0 Å². The monoisotopic (exact) mass is 235 g/mol. The van der Waals surface area contributed by atoms with Gasteiger partial charge in [-0.2, -0.15) is 0 Å². The van der Waals surface area contributed by atoms with Crippen molar-refractivity contribution in [2.75, 3.05) is 30.9 Å². The van der Waals surface area contributed by atoms with E-state index in [2.05, 4.69) is 41.4 Å². The summed E-state index contributed by atoms with van der Waals surface area (Å²) in [4.78, 5) is 2.09. The summed E-state index contributed by atoms with van der Waals surface area (Å²) in [6.45, 7) is 3.04. The molecule has 3 heteroatoms. The van der Waals surface area contributed by atoms with Crippen LogP contribution in [-0.2, 0) is 0 Å². The Bertz CT molecular complexity index is 306. The van der Waals surface area contributed by atoms with Crippen LogP contribution in [0, 0.1) is 0 Å². The second-order valence-corrected chi connectivity index (χ2v) is 4.72. The van der Waals surface area contributed by atoms with Crippen molar-refractivity contribution in [3.8, 4) is 0 Å². The highest BCUT2D eigenvalue weighted by atomic mass is 15.1. The number of nitrogens with one attached hydrogen (secondary N) is 1. The average Bonchev–Trinajstić information content (AvgIpc) is 2.34. The molecule has 0 bridgehead atoms. The van der Waals surface area contributed by atoms with Crippen molar-refractivity contribution in [3.05, 3.63) is 24.3 Å². The Hall–Kier alpha value is -1.22. The van der Waals surface area contributed by atoms with Gasteiger partial charge in [0.1, 0.15) is 0 Å². The Morgan fingerprint density at radius 3 is 2.41 bits per heavy atom. The molecule has 3 nitrogen and oxygen atoms in total. The highest BCUT2D eigenvalue weighted by Crippen LogP contribution is 2.15. The molecule has 1 aromatic carbocycles. The number of nitrogens with two attached hydrogens (primary N) is 1. The molecule has 0 spiro atoms. The van der Waals surface area contributed by atoms with Gasteiger partial charge in [0, 0.05) is 38.1 Å². The van der Waals surface area contributed by atoms with Crippen LogP contribution in [0.1, 0.15) is 26.2 Å². The van der Waals surface area contributed by atoms with Crippen LogP contribution in [-0.4, -0.2) is 26.7 Å². The van der Waals surface area contributed by atoms with Gasteiger partial charge in [0.25, 0.3) is 0 Å². The molecule has 0 saturated heterocycles. The number of rotatable bonds is 7. The van der Waals surface area contributed by atoms with Crippen molar-refractivity contribution in [2.45, 2.75) is 32.2 Å². The van der Waals surface area contributed by atoms with Crippen molar-refractivity contribution in [1.82, 2.24) is 0 Å². The van der Waals surface area contributed by atoms with Crippen molar-refractivity contribution in [2.24, 2.45) is 5.73 Å². The van der Waals surface area contributed by atoms with Crippen LogP contribution in [0.4, 0.5) is 11.4 Å². The first-order valence-electron chi connectivity index (χ1n) is 6.40. The minimum absolute atomic E-state index is 0.253. The third kappa shape index (κ3) is 5.09. The maximum absolute atomic E-state index is 6.02. The van der Waals surface area contributed by atoms with Crippen molar-refractivity contribution in [1.29, 1.82) is 0 Å². The summed E-state index contributed by atoms with van der Waals surface area (Å²) in [6.07, 6.45) is 3.52. The summed E-state index contributed by atoms with van der Waals surface area (Å²) in [5, 5.41) is 3.38. The van der Waals surface area contributed by atoms with Crippen LogP contribution in [0.5, 0.6) is 0 Å². The number of benzene rings is 1. The number of hydrogen-bond acceptors (Lipinski definition) is 3. The molecule has 0 aliphatic rings. The van der Waals surface area contributed by atoms with Gasteiger partial charge < -0.3 is 16.0 Å². The number of hydrogen-bond donors (Lipinski definition) is 2. The summed E-state index contributed by atoms with van der Waals surface area (Å²) in [5.74, 6) is 0. The second kappa shape index (κ2) is 7.17. The number of anilines is 2. The molecule has 0 fully saturated rings. The molecular formula is C14H25N3. The molecule has 1 atom stereocenters. The molecule has 0 heterocycles. The van der Waals surface area contributed by atoms with Gasteiger partial charge in [-0.25, -0.2) is 0 Å². The summed E-state index contributed by atoms with van der Waals surface area (Å²) in [6, 6.07) is 8.67. The summed E-state index contributed by atoms with van der Waals surface area (Å²) >= 11 is 0. The third-order valence-corrected chi connectivity index (χ3v) is 2.88. The molecule has 0 amide bonds. The first-order chi connectivity index (χ1) is 8.13. The Balaban J connectivity index is 2.36. The van der Waals surface area contributed by atoms with Gasteiger partial charge >= 0.3 is 0 Å². The maximum atomic E-state index is 6.02. The lowest BCUT2D eigenvalue weighted by atomic mass is 10.1. The standard InChI is InChI=1S/C14H25N3/c1-4-5-6-12(15)11-16-13-7-9-14(10-8-13)17(2)3/h7-10,12,16H,4-6,11,15H2,1-3H3. The van der Waals surface area contributed by atoms with Gasteiger partial charge in [0.05, 0.1) is 0 Å². The molecule has 1 aromatic rings. The molecule has 0 radical (unpaired) electrons. The quantitative estimate of drug-likeness (QED) is 0.763. The van der Waals surface area contributed by atoms with Crippen LogP contribution >= 0.6 is 0 Å². The Morgan fingerprint density at radius 2 is 1.88 bits per heavy atom. The lowest BCUT2D eigenvalue weighted by Crippen LogP contribution is -2.28. The fraction of sp³-hybridized carbons (Fsp3) is 0.571. The first kappa shape index (κ1) is 13.8. The minimum atomic E-state index is 0.253. The first-order valence-corrected chi connectivity index (χ1v) is 6.40. The van der Waals surface area contributed by atoms with E-state index in [1.54, 1.807) is 0 Å². The minimum Gasteiger partial charge on any atom is -0.383 e. The topological polar surface area (TPSA) is 41.3 Å². The molecule has 1 unspecified atom stereocenters. The highest BCUT2D eigenvalue weighted by Gasteiger charge is 2.01. The van der Waals surface area contributed by atoms with Crippen molar-refractivity contribution >= 4 is 11.4 Å². The van der Waals surface area contributed by atoms with Gasteiger partial charge in [-0.05, 0) is 30.7 Å². The van der Waals surface area contributed by atoms with Gasteiger partial charge in [-0.1, -0.05) is 19.8 Å². The van der Waals surface area contributed by atoms with Crippen LogP contribution in [0.3, 0.4) is 0 Å². The lowest BCUT2D eigenvalue weighted by Gasteiger charge is -2.15. The van der Waals surface area contributed by atoms with E-state index in [9.17, 15) is 0 Å². The number of nitrogens with zero attached hydrogens (tertiary/aromatic N) is 1.